The maximum absolute atomic E-state index is 12.2. The van der Waals surface area contributed by atoms with Crippen LogP contribution in [0.2, 0.25) is 0 Å². The number of nitrogens with zero attached hydrogens (tertiary/aromatic N) is 2. The first-order chi connectivity index (χ1) is 11.3. The van der Waals surface area contributed by atoms with Crippen molar-refractivity contribution >= 4 is 11.7 Å². The number of halogens is 2. The molecule has 1 N–H and O–H groups in total. The van der Waals surface area contributed by atoms with Gasteiger partial charge in [-0.2, -0.15) is 8.78 Å². The van der Waals surface area contributed by atoms with Crippen molar-refractivity contribution < 1.29 is 18.3 Å². The molecule has 0 radical (unpaired) electrons. The molecule has 2 amide bonds. The number of carbonyl (C=O) groups is 1. The molecular formula is C17H19F2N3O2. The van der Waals surface area contributed by atoms with Gasteiger partial charge >= 0.3 is 12.6 Å². The normalized spacial score (nSPS) is 10.6. The number of hydrogen-bond acceptors (Lipinski definition) is 3. The molecule has 0 aliphatic carbocycles. The van der Waals surface area contributed by atoms with E-state index in [1.807, 2.05) is 13.8 Å². The monoisotopic (exact) mass is 335 g/mol. The molecule has 0 saturated heterocycles. The lowest BCUT2D eigenvalue weighted by molar-refractivity contribution is -0.0498. The van der Waals surface area contributed by atoms with Gasteiger partial charge in [-0.05, 0) is 43.7 Å². The molecule has 2 rings (SSSR count). The molecular weight excluding hydrogens is 316 g/mol. The molecule has 0 fully saturated rings. The minimum Gasteiger partial charge on any atom is -0.435 e. The van der Waals surface area contributed by atoms with Gasteiger partial charge in [0.1, 0.15) is 5.75 Å². The fourth-order valence-electron chi connectivity index (χ4n) is 2.25. The number of anilines is 1. The van der Waals surface area contributed by atoms with Crippen molar-refractivity contribution in [3.8, 4) is 5.75 Å². The average Bonchev–Trinajstić information content (AvgIpc) is 2.47. The first-order valence-corrected chi connectivity index (χ1v) is 7.34. The number of aromatic nitrogens is 1. The highest BCUT2D eigenvalue weighted by Crippen LogP contribution is 2.16. The van der Waals surface area contributed by atoms with E-state index in [2.05, 4.69) is 15.0 Å². The summed E-state index contributed by atoms with van der Waals surface area (Å²) in [5.41, 5.74) is 3.12. The van der Waals surface area contributed by atoms with Gasteiger partial charge in [-0.15, -0.1) is 0 Å². The molecule has 0 aliphatic heterocycles. The maximum Gasteiger partial charge on any atom is 0.387 e. The fraction of sp³-hybridized carbons (Fsp3) is 0.294. The van der Waals surface area contributed by atoms with Crippen LogP contribution in [0.5, 0.6) is 5.75 Å². The van der Waals surface area contributed by atoms with Crippen molar-refractivity contribution in [3.05, 3.63) is 53.3 Å². The van der Waals surface area contributed by atoms with Gasteiger partial charge in [0.25, 0.3) is 0 Å². The highest BCUT2D eigenvalue weighted by Gasteiger charge is 2.11. The number of hydrogen-bond donors (Lipinski definition) is 1. The van der Waals surface area contributed by atoms with E-state index in [1.165, 1.54) is 17.0 Å². The summed E-state index contributed by atoms with van der Waals surface area (Å²) in [4.78, 5) is 18.0. The third-order valence-electron chi connectivity index (χ3n) is 3.25. The van der Waals surface area contributed by atoms with E-state index in [4.69, 9.17) is 0 Å². The van der Waals surface area contributed by atoms with E-state index in [1.54, 1.807) is 31.3 Å². The van der Waals surface area contributed by atoms with Gasteiger partial charge < -0.3 is 15.0 Å². The van der Waals surface area contributed by atoms with Crippen molar-refractivity contribution in [2.75, 3.05) is 12.4 Å². The number of pyridine rings is 1. The van der Waals surface area contributed by atoms with Crippen LogP contribution < -0.4 is 10.1 Å². The Morgan fingerprint density at radius 1 is 1.21 bits per heavy atom. The number of ether oxygens (including phenoxy) is 1. The Bertz CT molecular complexity index is 685. The molecule has 0 bridgehead atoms. The van der Waals surface area contributed by atoms with Crippen LogP contribution >= 0.6 is 0 Å². The van der Waals surface area contributed by atoms with Crippen molar-refractivity contribution in [2.45, 2.75) is 27.0 Å². The summed E-state index contributed by atoms with van der Waals surface area (Å²) in [5, 5.41) is 2.80. The van der Waals surface area contributed by atoms with Crippen LogP contribution in [-0.4, -0.2) is 29.6 Å². The van der Waals surface area contributed by atoms with E-state index in [0.717, 1.165) is 17.0 Å². The fourth-order valence-corrected chi connectivity index (χ4v) is 2.25. The molecule has 0 saturated carbocycles. The molecule has 128 valence electrons. The predicted molar refractivity (Wildman–Crippen MR) is 87.3 cm³/mol. The lowest BCUT2D eigenvalue weighted by Gasteiger charge is -2.18. The largest absolute Gasteiger partial charge is 0.435 e. The summed E-state index contributed by atoms with van der Waals surface area (Å²) in [6, 6.07) is 9.48. The molecule has 0 aliphatic rings. The van der Waals surface area contributed by atoms with Crippen LogP contribution in [0.15, 0.2) is 36.4 Å². The minimum atomic E-state index is -2.85. The van der Waals surface area contributed by atoms with Gasteiger partial charge in [0.05, 0.1) is 0 Å². The number of carbonyl (C=O) groups excluding carboxylic acids is 1. The number of rotatable bonds is 5. The molecule has 0 unspecified atom stereocenters. The molecule has 1 heterocycles. The Labute approximate surface area is 139 Å². The molecule has 2 aromatic rings. The zero-order valence-electron chi connectivity index (χ0n) is 13.7. The topological polar surface area (TPSA) is 54.5 Å². The zero-order chi connectivity index (χ0) is 17.7. The van der Waals surface area contributed by atoms with E-state index < -0.39 is 6.61 Å². The molecule has 24 heavy (non-hydrogen) atoms. The molecule has 0 atom stereocenters. The Kier molecular flexibility index (Phi) is 5.68. The van der Waals surface area contributed by atoms with Gasteiger partial charge in [0.2, 0.25) is 0 Å². The van der Waals surface area contributed by atoms with Crippen LogP contribution in [-0.2, 0) is 6.54 Å². The number of benzene rings is 1. The van der Waals surface area contributed by atoms with Crippen LogP contribution in [0.3, 0.4) is 0 Å². The van der Waals surface area contributed by atoms with Crippen molar-refractivity contribution in [2.24, 2.45) is 0 Å². The Hall–Kier alpha value is -2.70. The molecule has 5 nitrogen and oxygen atoms in total. The standard InChI is InChI=1S/C17H19F2N3O2/c1-11-8-14(9-12(2)20-11)21-17(23)22(3)10-13-4-6-15(7-5-13)24-16(18)19/h4-9,16H,10H2,1-3H3,(H,20,21,23). The molecule has 1 aromatic carbocycles. The first-order valence-electron chi connectivity index (χ1n) is 7.34. The summed E-state index contributed by atoms with van der Waals surface area (Å²) in [6.45, 7) is 1.20. The summed E-state index contributed by atoms with van der Waals surface area (Å²) in [5.74, 6) is 0.0867. The van der Waals surface area contributed by atoms with Crippen LogP contribution in [0.25, 0.3) is 0 Å². The van der Waals surface area contributed by atoms with Crippen molar-refractivity contribution in [1.82, 2.24) is 9.88 Å². The predicted octanol–water partition coefficient (Wildman–Crippen LogP) is 3.96. The van der Waals surface area contributed by atoms with Gasteiger partial charge in [0.15, 0.2) is 0 Å². The number of amides is 2. The highest BCUT2D eigenvalue weighted by atomic mass is 19.3. The third kappa shape index (κ3) is 5.19. The summed E-state index contributed by atoms with van der Waals surface area (Å²) < 4.78 is 28.5. The second kappa shape index (κ2) is 7.72. The Morgan fingerprint density at radius 3 is 2.33 bits per heavy atom. The van der Waals surface area contributed by atoms with Crippen LogP contribution in [0.1, 0.15) is 17.0 Å². The summed E-state index contributed by atoms with van der Waals surface area (Å²) in [7, 11) is 1.65. The van der Waals surface area contributed by atoms with E-state index >= 15 is 0 Å². The Morgan fingerprint density at radius 2 is 1.79 bits per heavy atom. The zero-order valence-corrected chi connectivity index (χ0v) is 13.7. The van der Waals surface area contributed by atoms with Gasteiger partial charge in [-0.25, -0.2) is 4.79 Å². The van der Waals surface area contributed by atoms with E-state index in [0.29, 0.717) is 12.2 Å². The quantitative estimate of drug-likeness (QED) is 0.900. The van der Waals surface area contributed by atoms with E-state index in [9.17, 15) is 13.6 Å². The van der Waals surface area contributed by atoms with Crippen molar-refractivity contribution in [1.29, 1.82) is 0 Å². The molecule has 7 heteroatoms. The first kappa shape index (κ1) is 17.7. The number of aryl methyl sites for hydroxylation is 2. The Balaban J connectivity index is 1.95. The lowest BCUT2D eigenvalue weighted by atomic mass is 10.2. The number of alkyl halides is 2. The minimum absolute atomic E-state index is 0.0867. The van der Waals surface area contributed by atoms with Crippen molar-refractivity contribution in [3.63, 3.8) is 0 Å². The van der Waals surface area contributed by atoms with Gasteiger partial charge in [-0.3, -0.25) is 4.98 Å². The average molecular weight is 335 g/mol. The molecule has 1 aromatic heterocycles. The van der Waals surface area contributed by atoms with Crippen LogP contribution in [0.4, 0.5) is 19.3 Å². The van der Waals surface area contributed by atoms with Crippen LogP contribution in [0, 0.1) is 13.8 Å². The van der Waals surface area contributed by atoms with Gasteiger partial charge in [0, 0.05) is 30.7 Å². The SMILES string of the molecule is Cc1cc(NC(=O)N(C)Cc2ccc(OC(F)F)cc2)cc(C)n1. The lowest BCUT2D eigenvalue weighted by Crippen LogP contribution is -2.30. The molecule has 0 spiro atoms. The van der Waals surface area contributed by atoms with E-state index in [-0.39, 0.29) is 11.8 Å². The second-order valence-electron chi connectivity index (χ2n) is 5.45. The second-order valence-corrected chi connectivity index (χ2v) is 5.45. The highest BCUT2D eigenvalue weighted by molar-refractivity contribution is 5.89. The summed E-state index contributed by atoms with van der Waals surface area (Å²) >= 11 is 0. The number of nitrogens with one attached hydrogen (secondary N) is 1. The summed E-state index contributed by atoms with van der Waals surface area (Å²) in [6.07, 6.45) is 0. The smallest absolute Gasteiger partial charge is 0.387 e. The number of urea groups is 1. The third-order valence-corrected chi connectivity index (χ3v) is 3.25. The van der Waals surface area contributed by atoms with Gasteiger partial charge in [-0.1, -0.05) is 12.1 Å². The maximum atomic E-state index is 12.2.